The molecule has 0 radical (unpaired) electrons. The lowest BCUT2D eigenvalue weighted by atomic mass is 9.87. The van der Waals surface area contributed by atoms with Gasteiger partial charge in [0.25, 0.3) is 0 Å². The van der Waals surface area contributed by atoms with E-state index in [4.69, 9.17) is 25.8 Å². The van der Waals surface area contributed by atoms with E-state index in [1.165, 1.54) is 21.9 Å². The average Bonchev–Trinajstić information content (AvgIpc) is 2.95. The van der Waals surface area contributed by atoms with Crippen LogP contribution in [0.1, 0.15) is 33.8 Å². The highest BCUT2D eigenvalue weighted by Gasteiger charge is 2.27. The van der Waals surface area contributed by atoms with Crippen molar-refractivity contribution < 1.29 is 19.0 Å². The van der Waals surface area contributed by atoms with E-state index >= 15 is 0 Å². The molecule has 1 heterocycles. The van der Waals surface area contributed by atoms with Crippen molar-refractivity contribution in [3.63, 3.8) is 0 Å². The quantitative estimate of drug-likeness (QED) is 0.207. The molecular weight excluding hydrogens is 486 g/mol. The number of fused-ring (bicyclic) bond motifs is 1. The molecule has 1 fully saturated rings. The highest BCUT2D eigenvalue weighted by molar-refractivity contribution is 6.33. The molecule has 5 rings (SSSR count). The molecule has 2 unspecified atom stereocenters. The SMILES string of the molecule is O=C(OCCOc1ccc(C2CCNCC2OCc2ccc3ccccc3c2)cc1)c1ccccc1Cl. The summed E-state index contributed by atoms with van der Waals surface area (Å²) in [6.45, 7) is 2.79. The number of halogens is 1. The van der Waals surface area contributed by atoms with Crippen LogP contribution >= 0.6 is 11.6 Å². The van der Waals surface area contributed by atoms with E-state index < -0.39 is 5.97 Å². The first-order valence-corrected chi connectivity index (χ1v) is 13.0. The molecule has 0 bridgehead atoms. The van der Waals surface area contributed by atoms with Gasteiger partial charge in [-0.15, -0.1) is 0 Å². The lowest BCUT2D eigenvalue weighted by molar-refractivity contribution is 0.0106. The van der Waals surface area contributed by atoms with Gasteiger partial charge in [0.2, 0.25) is 0 Å². The second kappa shape index (κ2) is 12.2. The van der Waals surface area contributed by atoms with Gasteiger partial charge >= 0.3 is 5.97 Å². The van der Waals surface area contributed by atoms with Crippen LogP contribution in [0.3, 0.4) is 0 Å². The number of benzene rings is 4. The highest BCUT2D eigenvalue weighted by Crippen LogP contribution is 2.30. The van der Waals surface area contributed by atoms with Gasteiger partial charge in [0, 0.05) is 12.5 Å². The van der Waals surface area contributed by atoms with Crippen molar-refractivity contribution in [2.75, 3.05) is 26.3 Å². The zero-order valence-electron chi connectivity index (χ0n) is 20.6. The molecule has 0 amide bonds. The fourth-order valence-electron chi connectivity index (χ4n) is 4.73. The van der Waals surface area contributed by atoms with Crippen LogP contribution in [0.25, 0.3) is 10.8 Å². The Morgan fingerprint density at radius 1 is 0.892 bits per heavy atom. The van der Waals surface area contributed by atoms with E-state index in [0.717, 1.165) is 25.3 Å². The summed E-state index contributed by atoms with van der Waals surface area (Å²) in [6.07, 6.45) is 1.11. The first kappa shape index (κ1) is 25.3. The number of nitrogens with one attached hydrogen (secondary N) is 1. The maximum Gasteiger partial charge on any atom is 0.339 e. The molecule has 1 aliphatic rings. The zero-order chi connectivity index (χ0) is 25.5. The van der Waals surface area contributed by atoms with E-state index in [9.17, 15) is 4.79 Å². The Morgan fingerprint density at radius 2 is 1.68 bits per heavy atom. The summed E-state index contributed by atoms with van der Waals surface area (Å²) >= 11 is 6.04. The van der Waals surface area contributed by atoms with Crippen molar-refractivity contribution in [1.82, 2.24) is 5.32 Å². The van der Waals surface area contributed by atoms with Gasteiger partial charge < -0.3 is 19.5 Å². The van der Waals surface area contributed by atoms with Crippen molar-refractivity contribution in [1.29, 1.82) is 0 Å². The number of hydrogen-bond acceptors (Lipinski definition) is 5. The molecular formula is C31H30ClNO4. The van der Waals surface area contributed by atoms with Gasteiger partial charge in [-0.3, -0.25) is 0 Å². The molecule has 37 heavy (non-hydrogen) atoms. The third kappa shape index (κ3) is 6.50. The van der Waals surface area contributed by atoms with Crippen molar-refractivity contribution in [3.05, 3.63) is 113 Å². The standard InChI is InChI=1S/C31H30ClNO4/c32-29-8-4-3-7-28(29)31(34)36-18-17-35-26-13-11-24(12-14-26)27-15-16-33-20-30(27)37-21-22-9-10-23-5-1-2-6-25(23)19-22/h1-14,19,27,30,33H,15-18,20-21H2. The van der Waals surface area contributed by atoms with Gasteiger partial charge in [-0.1, -0.05) is 72.3 Å². The Bertz CT molecular complexity index is 1340. The van der Waals surface area contributed by atoms with E-state index in [0.29, 0.717) is 23.1 Å². The predicted octanol–water partition coefficient (Wildman–Crippen LogP) is 6.39. The fraction of sp³-hybridized carbons (Fsp3) is 0.258. The lowest BCUT2D eigenvalue weighted by Crippen LogP contribution is -2.40. The minimum atomic E-state index is -0.454. The smallest absolute Gasteiger partial charge is 0.339 e. The number of carbonyl (C=O) groups excluding carboxylic acids is 1. The third-order valence-electron chi connectivity index (χ3n) is 6.69. The molecule has 6 heteroatoms. The summed E-state index contributed by atoms with van der Waals surface area (Å²) in [5.41, 5.74) is 2.78. The molecule has 1 N–H and O–H groups in total. The Balaban J connectivity index is 1.13. The van der Waals surface area contributed by atoms with E-state index in [1.807, 2.05) is 12.1 Å². The number of esters is 1. The molecule has 1 aliphatic heterocycles. The van der Waals surface area contributed by atoms with Crippen LogP contribution in [0, 0.1) is 0 Å². The van der Waals surface area contributed by atoms with Gasteiger partial charge in [0.1, 0.15) is 19.0 Å². The van der Waals surface area contributed by atoms with Gasteiger partial charge in [-0.2, -0.15) is 0 Å². The predicted molar refractivity (Wildman–Crippen MR) is 146 cm³/mol. The van der Waals surface area contributed by atoms with E-state index in [2.05, 4.69) is 59.9 Å². The largest absolute Gasteiger partial charge is 0.490 e. The molecule has 0 aliphatic carbocycles. The first-order chi connectivity index (χ1) is 18.2. The number of ether oxygens (including phenoxy) is 3. The number of piperidine rings is 1. The molecule has 5 nitrogen and oxygen atoms in total. The van der Waals surface area contributed by atoms with Crippen LogP contribution in [-0.4, -0.2) is 38.4 Å². The summed E-state index contributed by atoms with van der Waals surface area (Å²) in [7, 11) is 0. The van der Waals surface area contributed by atoms with Crippen LogP contribution in [0.5, 0.6) is 5.75 Å². The van der Waals surface area contributed by atoms with Crippen LogP contribution in [0.4, 0.5) is 0 Å². The lowest BCUT2D eigenvalue weighted by Gasteiger charge is -2.32. The number of carbonyl (C=O) groups is 1. The summed E-state index contributed by atoms with van der Waals surface area (Å²) < 4.78 is 17.5. The molecule has 4 aromatic carbocycles. The maximum atomic E-state index is 12.1. The van der Waals surface area contributed by atoms with Crippen molar-refractivity contribution in [3.8, 4) is 5.75 Å². The van der Waals surface area contributed by atoms with Crippen LogP contribution in [-0.2, 0) is 16.1 Å². The minimum Gasteiger partial charge on any atom is -0.490 e. The van der Waals surface area contributed by atoms with Gasteiger partial charge in [-0.25, -0.2) is 4.79 Å². The molecule has 0 spiro atoms. The monoisotopic (exact) mass is 515 g/mol. The zero-order valence-corrected chi connectivity index (χ0v) is 21.3. The fourth-order valence-corrected chi connectivity index (χ4v) is 4.94. The topological polar surface area (TPSA) is 56.8 Å². The Labute approximate surface area is 222 Å². The number of rotatable bonds is 9. The van der Waals surface area contributed by atoms with Gasteiger partial charge in [0.05, 0.1) is 23.3 Å². The van der Waals surface area contributed by atoms with E-state index in [1.54, 1.807) is 24.3 Å². The molecule has 0 saturated carbocycles. The Hall–Kier alpha value is -3.38. The van der Waals surface area contributed by atoms with Gasteiger partial charge in [0.15, 0.2) is 0 Å². The minimum absolute atomic E-state index is 0.0937. The maximum absolute atomic E-state index is 12.1. The Morgan fingerprint density at radius 3 is 2.51 bits per heavy atom. The molecule has 0 aromatic heterocycles. The van der Waals surface area contributed by atoms with Crippen LogP contribution < -0.4 is 10.1 Å². The van der Waals surface area contributed by atoms with Crippen LogP contribution in [0.15, 0.2) is 91.0 Å². The average molecular weight is 516 g/mol. The van der Waals surface area contributed by atoms with Gasteiger partial charge in [-0.05, 0) is 65.2 Å². The first-order valence-electron chi connectivity index (χ1n) is 12.6. The van der Waals surface area contributed by atoms with E-state index in [-0.39, 0.29) is 19.3 Å². The molecule has 190 valence electrons. The van der Waals surface area contributed by atoms with Crippen LogP contribution in [0.2, 0.25) is 5.02 Å². The molecule has 4 aromatic rings. The number of hydrogen-bond donors (Lipinski definition) is 1. The highest BCUT2D eigenvalue weighted by atomic mass is 35.5. The second-order valence-corrected chi connectivity index (χ2v) is 9.57. The summed E-state index contributed by atoms with van der Waals surface area (Å²) in [4.78, 5) is 12.1. The van der Waals surface area contributed by atoms with Crippen molar-refractivity contribution >= 4 is 28.3 Å². The van der Waals surface area contributed by atoms with Crippen molar-refractivity contribution in [2.24, 2.45) is 0 Å². The second-order valence-electron chi connectivity index (χ2n) is 9.16. The summed E-state index contributed by atoms with van der Waals surface area (Å²) in [6, 6.07) is 29.9. The Kier molecular flexibility index (Phi) is 8.36. The molecule has 1 saturated heterocycles. The summed E-state index contributed by atoms with van der Waals surface area (Å²) in [5.74, 6) is 0.595. The molecule has 2 atom stereocenters. The summed E-state index contributed by atoms with van der Waals surface area (Å²) in [5, 5.41) is 6.32. The van der Waals surface area contributed by atoms with Crippen molar-refractivity contribution in [2.45, 2.75) is 25.0 Å². The normalized spacial score (nSPS) is 17.4. The third-order valence-corrected chi connectivity index (χ3v) is 7.02.